The molecule has 0 amide bonds. The van der Waals surface area contributed by atoms with Gasteiger partial charge in [-0.3, -0.25) is 0 Å². The minimum atomic E-state index is 0.546. The number of alkyl halides is 1. The smallest absolute Gasteiger partial charge is 0.128 e. The van der Waals surface area contributed by atoms with Crippen molar-refractivity contribution >= 4 is 17.4 Å². The van der Waals surface area contributed by atoms with Crippen molar-refractivity contribution in [2.75, 3.05) is 11.4 Å². The van der Waals surface area contributed by atoms with E-state index < -0.39 is 0 Å². The number of nitrogens with zero attached hydrogens (tertiary/aromatic N) is 2. The molecule has 15 heavy (non-hydrogen) atoms. The third-order valence-electron chi connectivity index (χ3n) is 2.71. The van der Waals surface area contributed by atoms with Crippen molar-refractivity contribution in [1.82, 2.24) is 4.98 Å². The van der Waals surface area contributed by atoms with Crippen LogP contribution in [-0.4, -0.2) is 17.6 Å². The second-order valence-corrected chi connectivity index (χ2v) is 4.35. The number of aromatic nitrogens is 1. The molecule has 1 aromatic heterocycles. The number of hydrogen-bond acceptors (Lipinski definition) is 2. The second-order valence-electron chi connectivity index (χ2n) is 4.08. The van der Waals surface area contributed by atoms with Gasteiger partial charge in [-0.2, -0.15) is 0 Å². The van der Waals surface area contributed by atoms with Gasteiger partial charge < -0.3 is 4.90 Å². The molecular formula is C12H17ClN2. The maximum atomic E-state index is 5.74. The summed E-state index contributed by atoms with van der Waals surface area (Å²) in [5, 5.41) is 0. The molecule has 1 fully saturated rings. The Kier molecular flexibility index (Phi) is 3.47. The van der Waals surface area contributed by atoms with E-state index >= 15 is 0 Å². The summed E-state index contributed by atoms with van der Waals surface area (Å²) in [4.78, 5) is 6.89. The average molecular weight is 225 g/mol. The van der Waals surface area contributed by atoms with Crippen molar-refractivity contribution in [1.29, 1.82) is 0 Å². The van der Waals surface area contributed by atoms with E-state index in [4.69, 9.17) is 11.6 Å². The Bertz CT molecular complexity index is 306. The molecule has 0 bridgehead atoms. The Labute approximate surface area is 96.3 Å². The summed E-state index contributed by atoms with van der Waals surface area (Å²) in [6.45, 7) is 3.32. The van der Waals surface area contributed by atoms with Gasteiger partial charge in [-0.05, 0) is 30.9 Å². The molecule has 0 saturated heterocycles. The molecular weight excluding hydrogens is 208 g/mol. The largest absolute Gasteiger partial charge is 0.354 e. The van der Waals surface area contributed by atoms with Crippen molar-refractivity contribution in [2.45, 2.75) is 38.1 Å². The predicted octanol–water partition coefficient (Wildman–Crippen LogP) is 3.20. The van der Waals surface area contributed by atoms with Crippen LogP contribution in [0.25, 0.3) is 0 Å². The molecule has 0 spiro atoms. The van der Waals surface area contributed by atoms with Crippen molar-refractivity contribution in [3.8, 4) is 0 Å². The number of anilines is 1. The number of halogens is 1. The van der Waals surface area contributed by atoms with Crippen molar-refractivity contribution in [2.24, 2.45) is 0 Å². The van der Waals surface area contributed by atoms with Crippen molar-refractivity contribution < 1.29 is 0 Å². The maximum absolute atomic E-state index is 5.74. The molecule has 2 nitrogen and oxygen atoms in total. The summed E-state index contributed by atoms with van der Waals surface area (Å²) in [6.07, 6.45) is 5.70. The highest BCUT2D eigenvalue weighted by molar-refractivity contribution is 6.17. The third-order valence-corrected chi connectivity index (χ3v) is 3.02. The van der Waals surface area contributed by atoms with Crippen LogP contribution in [0.15, 0.2) is 18.3 Å². The minimum absolute atomic E-state index is 0.546. The first kappa shape index (κ1) is 10.7. The Balaban J connectivity index is 2.10. The van der Waals surface area contributed by atoms with Crippen LogP contribution in [0.3, 0.4) is 0 Å². The number of hydrogen-bond donors (Lipinski definition) is 0. The summed E-state index contributed by atoms with van der Waals surface area (Å²) in [7, 11) is 0. The van der Waals surface area contributed by atoms with E-state index in [1.165, 1.54) is 19.3 Å². The molecule has 3 heteroatoms. The first-order chi connectivity index (χ1) is 7.35. The average Bonchev–Trinajstić information content (AvgIpc) is 3.10. The molecule has 0 radical (unpaired) electrons. The molecule has 1 aliphatic carbocycles. The van der Waals surface area contributed by atoms with E-state index in [9.17, 15) is 0 Å². The Hall–Kier alpha value is -0.760. The fraction of sp³-hybridized carbons (Fsp3) is 0.583. The molecule has 1 aliphatic rings. The van der Waals surface area contributed by atoms with Crippen LogP contribution in [-0.2, 0) is 5.88 Å². The van der Waals surface area contributed by atoms with E-state index in [0.717, 1.165) is 24.0 Å². The van der Waals surface area contributed by atoms with Crippen LogP contribution in [0.4, 0.5) is 5.82 Å². The van der Waals surface area contributed by atoms with Gasteiger partial charge in [0, 0.05) is 24.7 Å². The van der Waals surface area contributed by atoms with Gasteiger partial charge in [-0.15, -0.1) is 11.6 Å². The zero-order valence-corrected chi connectivity index (χ0v) is 9.87. The Morgan fingerprint density at radius 1 is 1.47 bits per heavy atom. The van der Waals surface area contributed by atoms with Crippen LogP contribution in [0, 0.1) is 0 Å². The van der Waals surface area contributed by atoms with Crippen LogP contribution in [0.2, 0.25) is 0 Å². The SMILES string of the molecule is CCCN(c1ccc(CCl)cn1)C1CC1. The maximum Gasteiger partial charge on any atom is 0.128 e. The molecule has 1 aromatic rings. The van der Waals surface area contributed by atoms with E-state index in [2.05, 4.69) is 28.9 Å². The summed E-state index contributed by atoms with van der Waals surface area (Å²) in [5.41, 5.74) is 1.09. The van der Waals surface area contributed by atoms with Gasteiger partial charge in [-0.1, -0.05) is 13.0 Å². The van der Waals surface area contributed by atoms with Gasteiger partial charge >= 0.3 is 0 Å². The lowest BCUT2D eigenvalue weighted by atomic mass is 10.3. The van der Waals surface area contributed by atoms with E-state index in [1.54, 1.807) is 0 Å². The first-order valence-electron chi connectivity index (χ1n) is 5.62. The molecule has 0 aliphatic heterocycles. The van der Waals surface area contributed by atoms with Gasteiger partial charge in [0.05, 0.1) is 0 Å². The molecule has 0 unspecified atom stereocenters. The molecule has 1 saturated carbocycles. The molecule has 82 valence electrons. The Morgan fingerprint density at radius 2 is 2.27 bits per heavy atom. The van der Waals surface area contributed by atoms with Crippen LogP contribution in [0.5, 0.6) is 0 Å². The van der Waals surface area contributed by atoms with Gasteiger partial charge in [0.25, 0.3) is 0 Å². The quantitative estimate of drug-likeness (QED) is 0.715. The van der Waals surface area contributed by atoms with Gasteiger partial charge in [0.2, 0.25) is 0 Å². The summed E-state index contributed by atoms with van der Waals surface area (Å²) in [5.74, 6) is 1.65. The second kappa shape index (κ2) is 4.84. The van der Waals surface area contributed by atoms with Crippen LogP contribution in [0.1, 0.15) is 31.7 Å². The summed E-state index contributed by atoms with van der Waals surface area (Å²) in [6, 6.07) is 4.89. The lowest BCUT2D eigenvalue weighted by molar-refractivity contribution is 0.750. The summed E-state index contributed by atoms with van der Waals surface area (Å²) < 4.78 is 0. The molecule has 0 aromatic carbocycles. The Morgan fingerprint density at radius 3 is 2.73 bits per heavy atom. The molecule has 0 N–H and O–H groups in total. The van der Waals surface area contributed by atoms with Crippen LogP contribution >= 0.6 is 11.6 Å². The molecule has 1 heterocycles. The third kappa shape index (κ3) is 2.63. The number of pyridine rings is 1. The lowest BCUT2D eigenvalue weighted by Gasteiger charge is -2.22. The zero-order chi connectivity index (χ0) is 10.7. The molecule has 0 atom stereocenters. The fourth-order valence-electron chi connectivity index (χ4n) is 1.78. The topological polar surface area (TPSA) is 16.1 Å². The highest BCUT2D eigenvalue weighted by atomic mass is 35.5. The minimum Gasteiger partial charge on any atom is -0.354 e. The standard InChI is InChI=1S/C12H17ClN2/c1-2-7-15(11-4-5-11)12-6-3-10(8-13)9-14-12/h3,6,9,11H,2,4-5,7-8H2,1H3. The summed E-state index contributed by atoms with van der Waals surface area (Å²) >= 11 is 5.74. The molecule has 2 rings (SSSR count). The normalized spacial score (nSPS) is 15.3. The fourth-order valence-corrected chi connectivity index (χ4v) is 1.94. The van der Waals surface area contributed by atoms with Crippen molar-refractivity contribution in [3.63, 3.8) is 0 Å². The van der Waals surface area contributed by atoms with E-state index in [-0.39, 0.29) is 0 Å². The highest BCUT2D eigenvalue weighted by Gasteiger charge is 2.29. The van der Waals surface area contributed by atoms with Gasteiger partial charge in [-0.25, -0.2) is 4.98 Å². The zero-order valence-electron chi connectivity index (χ0n) is 9.12. The van der Waals surface area contributed by atoms with E-state index in [1.807, 2.05) is 6.20 Å². The predicted molar refractivity (Wildman–Crippen MR) is 64.5 cm³/mol. The lowest BCUT2D eigenvalue weighted by Crippen LogP contribution is -2.27. The first-order valence-corrected chi connectivity index (χ1v) is 6.16. The monoisotopic (exact) mass is 224 g/mol. The van der Waals surface area contributed by atoms with Crippen molar-refractivity contribution in [3.05, 3.63) is 23.9 Å². The van der Waals surface area contributed by atoms with E-state index in [0.29, 0.717) is 5.88 Å². The van der Waals surface area contributed by atoms with Gasteiger partial charge in [0.15, 0.2) is 0 Å². The number of rotatable bonds is 5. The van der Waals surface area contributed by atoms with Gasteiger partial charge in [0.1, 0.15) is 5.82 Å². The highest BCUT2D eigenvalue weighted by Crippen LogP contribution is 2.30. The van der Waals surface area contributed by atoms with Crippen LogP contribution < -0.4 is 4.90 Å².